The molecule has 0 aliphatic carbocycles. The van der Waals surface area contributed by atoms with Gasteiger partial charge in [0.2, 0.25) is 0 Å². The maximum Gasteiger partial charge on any atom is 0.152 e. The van der Waals surface area contributed by atoms with Gasteiger partial charge in [-0.05, 0) is 18.2 Å². The van der Waals surface area contributed by atoms with Gasteiger partial charge in [0.15, 0.2) is 5.82 Å². The van der Waals surface area contributed by atoms with Crippen LogP contribution in [0.5, 0.6) is 0 Å². The molecule has 0 amide bonds. The lowest BCUT2D eigenvalue weighted by Crippen LogP contribution is -2.34. The number of rotatable bonds is 1. The molecule has 0 N–H and O–H groups in total. The fraction of sp³-hybridized carbons (Fsp3) is 0.250. The molecule has 2 heterocycles. The maximum atomic E-state index is 13.1. The molecule has 0 spiro atoms. The lowest BCUT2D eigenvalue weighted by atomic mass is 10.1. The third-order valence-electron chi connectivity index (χ3n) is 3.06. The summed E-state index contributed by atoms with van der Waals surface area (Å²) in [5, 5.41) is 16.9. The van der Waals surface area contributed by atoms with E-state index in [1.54, 1.807) is 12.4 Å². The van der Waals surface area contributed by atoms with Crippen molar-refractivity contribution in [3.63, 3.8) is 0 Å². The number of fused-ring (bicyclic) bond motifs is 1. The average molecular weight is 243 g/mol. The molecule has 1 aromatic carbocycles. The Morgan fingerprint density at radius 3 is 3.06 bits per heavy atom. The summed E-state index contributed by atoms with van der Waals surface area (Å²) in [7, 11) is 0. The molecule has 0 bridgehead atoms. The second-order valence-electron chi connectivity index (χ2n) is 4.14. The highest BCUT2D eigenvalue weighted by Crippen LogP contribution is 2.24. The molecule has 1 aliphatic rings. The zero-order valence-electron chi connectivity index (χ0n) is 9.54. The normalized spacial score (nSPS) is 14.1. The van der Waals surface area contributed by atoms with Gasteiger partial charge in [-0.25, -0.2) is 4.39 Å². The highest BCUT2D eigenvalue weighted by molar-refractivity contribution is 5.59. The summed E-state index contributed by atoms with van der Waals surface area (Å²) in [6.07, 6.45) is 1.70. The minimum atomic E-state index is -0.393. The standard InChI is InChI=1S/C12H10FN5/c13-10-1-2-11(9(5-10)6-14)17-3-4-18-8-15-16-12(18)7-17/h1-2,5,8H,3-4,7H2. The highest BCUT2D eigenvalue weighted by Gasteiger charge is 2.20. The van der Waals surface area contributed by atoms with E-state index in [0.29, 0.717) is 12.1 Å². The van der Waals surface area contributed by atoms with E-state index in [4.69, 9.17) is 5.26 Å². The van der Waals surface area contributed by atoms with Gasteiger partial charge < -0.3 is 9.47 Å². The topological polar surface area (TPSA) is 57.7 Å². The molecule has 0 saturated heterocycles. The van der Waals surface area contributed by atoms with Crippen LogP contribution in [0.25, 0.3) is 0 Å². The molecule has 0 saturated carbocycles. The fourth-order valence-corrected chi connectivity index (χ4v) is 2.15. The predicted octanol–water partition coefficient (Wildman–Crippen LogP) is 1.31. The summed E-state index contributed by atoms with van der Waals surface area (Å²) in [4.78, 5) is 2.02. The van der Waals surface area contributed by atoms with Gasteiger partial charge in [-0.2, -0.15) is 5.26 Å². The van der Waals surface area contributed by atoms with Crippen molar-refractivity contribution in [2.24, 2.45) is 0 Å². The number of benzene rings is 1. The Bertz CT molecular complexity index is 628. The van der Waals surface area contributed by atoms with Gasteiger partial charge in [0.05, 0.1) is 17.8 Å². The second-order valence-corrected chi connectivity index (χ2v) is 4.14. The van der Waals surface area contributed by atoms with Crippen LogP contribution in [0.3, 0.4) is 0 Å². The van der Waals surface area contributed by atoms with Crippen LogP contribution in [0.15, 0.2) is 24.5 Å². The van der Waals surface area contributed by atoms with Crippen molar-refractivity contribution >= 4 is 5.69 Å². The first-order valence-electron chi connectivity index (χ1n) is 5.59. The molecule has 0 atom stereocenters. The number of nitriles is 1. The van der Waals surface area contributed by atoms with Crippen LogP contribution in [-0.4, -0.2) is 21.3 Å². The van der Waals surface area contributed by atoms with Crippen LogP contribution in [-0.2, 0) is 13.1 Å². The molecule has 0 radical (unpaired) electrons. The summed E-state index contributed by atoms with van der Waals surface area (Å²) in [6, 6.07) is 6.29. The number of hydrogen-bond acceptors (Lipinski definition) is 4. The van der Waals surface area contributed by atoms with E-state index in [-0.39, 0.29) is 0 Å². The maximum absolute atomic E-state index is 13.1. The number of nitrogens with zero attached hydrogens (tertiary/aromatic N) is 5. The summed E-state index contributed by atoms with van der Waals surface area (Å²) < 4.78 is 15.1. The Hall–Kier alpha value is -2.42. The van der Waals surface area contributed by atoms with Crippen molar-refractivity contribution in [3.05, 3.63) is 41.7 Å². The largest absolute Gasteiger partial charge is 0.361 e. The number of anilines is 1. The van der Waals surface area contributed by atoms with Crippen molar-refractivity contribution in [1.29, 1.82) is 5.26 Å². The van der Waals surface area contributed by atoms with Crippen molar-refractivity contribution < 1.29 is 4.39 Å². The molecule has 0 unspecified atom stereocenters. The van der Waals surface area contributed by atoms with E-state index in [0.717, 1.165) is 24.6 Å². The summed E-state index contributed by atoms with van der Waals surface area (Å²) >= 11 is 0. The van der Waals surface area contributed by atoms with E-state index in [1.165, 1.54) is 12.1 Å². The van der Waals surface area contributed by atoms with E-state index in [9.17, 15) is 4.39 Å². The van der Waals surface area contributed by atoms with E-state index >= 15 is 0 Å². The van der Waals surface area contributed by atoms with Crippen LogP contribution in [0, 0.1) is 17.1 Å². The zero-order valence-corrected chi connectivity index (χ0v) is 9.54. The predicted molar refractivity (Wildman–Crippen MR) is 62.2 cm³/mol. The van der Waals surface area contributed by atoms with Crippen LogP contribution in [0.4, 0.5) is 10.1 Å². The molecular formula is C12H10FN5. The van der Waals surface area contributed by atoms with Crippen molar-refractivity contribution in [3.8, 4) is 6.07 Å². The first-order valence-corrected chi connectivity index (χ1v) is 5.59. The summed E-state index contributed by atoms with van der Waals surface area (Å²) in [6.45, 7) is 2.11. The van der Waals surface area contributed by atoms with Crippen LogP contribution < -0.4 is 4.90 Å². The number of aromatic nitrogens is 3. The molecule has 1 aliphatic heterocycles. The van der Waals surface area contributed by atoms with Gasteiger partial charge in [-0.1, -0.05) is 0 Å². The number of hydrogen-bond donors (Lipinski definition) is 0. The van der Waals surface area contributed by atoms with Crippen LogP contribution in [0.1, 0.15) is 11.4 Å². The average Bonchev–Trinajstić information content (AvgIpc) is 2.85. The van der Waals surface area contributed by atoms with Crippen LogP contribution >= 0.6 is 0 Å². The first kappa shape index (κ1) is 10.7. The minimum Gasteiger partial charge on any atom is -0.361 e. The van der Waals surface area contributed by atoms with Gasteiger partial charge in [-0.15, -0.1) is 10.2 Å². The van der Waals surface area contributed by atoms with Gasteiger partial charge in [0, 0.05) is 13.1 Å². The Morgan fingerprint density at radius 2 is 2.22 bits per heavy atom. The quantitative estimate of drug-likeness (QED) is 0.757. The molecule has 5 nitrogen and oxygen atoms in total. The Kier molecular flexibility index (Phi) is 2.45. The highest BCUT2D eigenvalue weighted by atomic mass is 19.1. The van der Waals surface area contributed by atoms with Gasteiger partial charge in [0.25, 0.3) is 0 Å². The summed E-state index contributed by atoms with van der Waals surface area (Å²) in [5.41, 5.74) is 1.09. The van der Waals surface area contributed by atoms with E-state index < -0.39 is 5.82 Å². The molecule has 2 aromatic rings. The van der Waals surface area contributed by atoms with Gasteiger partial charge >= 0.3 is 0 Å². The monoisotopic (exact) mass is 243 g/mol. The van der Waals surface area contributed by atoms with Crippen molar-refractivity contribution in [2.45, 2.75) is 13.1 Å². The van der Waals surface area contributed by atoms with Crippen molar-refractivity contribution in [2.75, 3.05) is 11.4 Å². The van der Waals surface area contributed by atoms with Gasteiger partial charge in [0.1, 0.15) is 18.2 Å². The van der Waals surface area contributed by atoms with Crippen LogP contribution in [0.2, 0.25) is 0 Å². The lowest BCUT2D eigenvalue weighted by molar-refractivity contribution is 0.559. The second kappa shape index (κ2) is 4.11. The van der Waals surface area contributed by atoms with Crippen molar-refractivity contribution in [1.82, 2.24) is 14.8 Å². The molecule has 0 fully saturated rings. The summed E-state index contributed by atoms with van der Waals surface area (Å²) in [5.74, 6) is 0.463. The smallest absolute Gasteiger partial charge is 0.152 e. The number of halogens is 1. The zero-order chi connectivity index (χ0) is 12.5. The fourth-order valence-electron chi connectivity index (χ4n) is 2.15. The SMILES string of the molecule is N#Cc1cc(F)ccc1N1CCn2cnnc2C1. The Balaban J connectivity index is 1.96. The van der Waals surface area contributed by atoms with E-state index in [1.807, 2.05) is 15.5 Å². The Labute approximate surface area is 103 Å². The Morgan fingerprint density at radius 1 is 1.33 bits per heavy atom. The minimum absolute atomic E-state index is 0.350. The van der Waals surface area contributed by atoms with E-state index in [2.05, 4.69) is 10.2 Å². The molecule has 1 aromatic heterocycles. The first-order chi connectivity index (χ1) is 8.78. The molecule has 3 rings (SSSR count). The molecule has 90 valence electrons. The molecule has 6 heteroatoms. The molecular weight excluding hydrogens is 233 g/mol. The lowest BCUT2D eigenvalue weighted by Gasteiger charge is -2.29. The third kappa shape index (κ3) is 1.70. The third-order valence-corrected chi connectivity index (χ3v) is 3.06. The van der Waals surface area contributed by atoms with Gasteiger partial charge in [-0.3, -0.25) is 0 Å². The molecule has 18 heavy (non-hydrogen) atoms.